The zero-order valence-corrected chi connectivity index (χ0v) is 36.1. The summed E-state index contributed by atoms with van der Waals surface area (Å²) in [6, 6.07) is 30.7. The van der Waals surface area contributed by atoms with Gasteiger partial charge in [-0.1, -0.05) is 0 Å². The summed E-state index contributed by atoms with van der Waals surface area (Å²) in [4.78, 5) is 78.1. The number of nitro groups is 2. The van der Waals surface area contributed by atoms with Gasteiger partial charge in [-0.15, -0.1) is 0 Å². The Balaban J connectivity index is 1.61. The van der Waals surface area contributed by atoms with Crippen LogP contribution in [0.2, 0.25) is 0 Å². The summed E-state index contributed by atoms with van der Waals surface area (Å²) < 4.78 is 35.1. The van der Waals surface area contributed by atoms with E-state index in [9.17, 15) is 39.4 Å². The van der Waals surface area contributed by atoms with Gasteiger partial charge in [0.05, 0.1) is 75.3 Å². The number of rotatable bonds is 14. The predicted molar refractivity (Wildman–Crippen MR) is 239 cm³/mol. The number of nitrogens with zero attached hydrogens (tertiary/aromatic N) is 4. The third kappa shape index (κ3) is 8.05. The van der Waals surface area contributed by atoms with Crippen molar-refractivity contribution in [3.8, 4) is 67.9 Å². The minimum absolute atomic E-state index is 0.114. The van der Waals surface area contributed by atoms with Gasteiger partial charge in [0, 0.05) is 35.6 Å². The van der Waals surface area contributed by atoms with E-state index in [-0.39, 0.29) is 67.5 Å². The SMILES string of the molecule is COC(=O)c1c(C(=O)OC)c(-c2ccc([N+](=O)[O-])cc2)n(-c2ccc(-n3c(-c4ccc(OC)cc4)c(C(=O)OC)c(C(=O)OC)c3-c3ccc([N+](=O)[O-])cc3)cc2)c1-c1ccc(OC)cc1. The van der Waals surface area contributed by atoms with Crippen LogP contribution in [0, 0.1) is 20.2 Å². The highest BCUT2D eigenvalue weighted by Crippen LogP contribution is 2.44. The Morgan fingerprint density at radius 3 is 0.803 bits per heavy atom. The molecule has 7 aromatic rings. The molecule has 18 nitrogen and oxygen atoms in total. The van der Waals surface area contributed by atoms with Gasteiger partial charge < -0.3 is 37.6 Å². The molecule has 334 valence electrons. The molecule has 0 unspecified atom stereocenters. The molecule has 0 atom stereocenters. The topological polar surface area (TPSA) is 220 Å². The van der Waals surface area contributed by atoms with Gasteiger partial charge in [0.2, 0.25) is 0 Å². The molecule has 7 rings (SSSR count). The van der Waals surface area contributed by atoms with Crippen LogP contribution in [0.5, 0.6) is 11.5 Å². The van der Waals surface area contributed by atoms with Gasteiger partial charge in [-0.25, -0.2) is 19.2 Å². The van der Waals surface area contributed by atoms with Gasteiger partial charge in [0.25, 0.3) is 11.4 Å². The Morgan fingerprint density at radius 1 is 0.379 bits per heavy atom. The summed E-state index contributed by atoms with van der Waals surface area (Å²) in [5, 5.41) is 23.5. The first-order chi connectivity index (χ1) is 31.8. The number of hydrogen-bond acceptors (Lipinski definition) is 14. The molecule has 0 radical (unpaired) electrons. The summed E-state index contributed by atoms with van der Waals surface area (Å²) >= 11 is 0. The summed E-state index contributed by atoms with van der Waals surface area (Å²) in [7, 11) is 7.58. The number of aromatic nitrogens is 2. The van der Waals surface area contributed by atoms with Crippen molar-refractivity contribution in [3.05, 3.63) is 164 Å². The first-order valence-corrected chi connectivity index (χ1v) is 19.6. The maximum Gasteiger partial charge on any atom is 0.340 e. The Hall–Kier alpha value is -9.06. The van der Waals surface area contributed by atoms with Crippen LogP contribution in [0.4, 0.5) is 11.4 Å². The summed E-state index contributed by atoms with van der Waals surface area (Å²) in [5.41, 5.74) is 1.48. The van der Waals surface area contributed by atoms with E-state index >= 15 is 0 Å². The van der Waals surface area contributed by atoms with Crippen LogP contribution < -0.4 is 9.47 Å². The molecule has 0 saturated heterocycles. The largest absolute Gasteiger partial charge is 0.497 e. The second kappa shape index (κ2) is 18.7. The first-order valence-electron chi connectivity index (χ1n) is 19.6. The van der Waals surface area contributed by atoms with E-state index in [4.69, 9.17) is 28.4 Å². The fourth-order valence-electron chi connectivity index (χ4n) is 7.69. The first kappa shape index (κ1) is 45.0. The molecule has 0 bridgehead atoms. The maximum atomic E-state index is 13.9. The Bertz CT molecular complexity index is 2820. The minimum Gasteiger partial charge on any atom is -0.497 e. The number of carbonyl (C=O) groups excluding carboxylic acids is 4. The van der Waals surface area contributed by atoms with Crippen LogP contribution in [-0.2, 0) is 18.9 Å². The third-order valence-corrected chi connectivity index (χ3v) is 10.7. The van der Waals surface area contributed by atoms with Crippen LogP contribution in [0.15, 0.2) is 121 Å². The number of carbonyl (C=O) groups is 4. The van der Waals surface area contributed by atoms with Gasteiger partial charge in [0.1, 0.15) is 33.8 Å². The number of methoxy groups -OCH3 is 6. The molecule has 18 heteroatoms. The van der Waals surface area contributed by atoms with Gasteiger partial charge in [-0.3, -0.25) is 20.2 Å². The highest BCUT2D eigenvalue weighted by Gasteiger charge is 2.37. The summed E-state index contributed by atoms with van der Waals surface area (Å²) in [6.07, 6.45) is 0. The smallest absolute Gasteiger partial charge is 0.340 e. The molecule has 0 N–H and O–H groups in total. The van der Waals surface area contributed by atoms with E-state index < -0.39 is 33.7 Å². The van der Waals surface area contributed by atoms with Crippen LogP contribution in [0.25, 0.3) is 56.4 Å². The summed E-state index contributed by atoms with van der Waals surface area (Å²) in [5.74, 6) is -2.63. The zero-order chi connectivity index (χ0) is 47.4. The lowest BCUT2D eigenvalue weighted by molar-refractivity contribution is -0.385. The van der Waals surface area contributed by atoms with E-state index in [2.05, 4.69) is 0 Å². The number of nitro benzene ring substituents is 2. The van der Waals surface area contributed by atoms with Gasteiger partial charge >= 0.3 is 23.9 Å². The second-order valence-corrected chi connectivity index (χ2v) is 14.1. The minimum atomic E-state index is -0.913. The van der Waals surface area contributed by atoms with Crippen molar-refractivity contribution >= 4 is 35.3 Å². The van der Waals surface area contributed by atoms with Crippen molar-refractivity contribution in [2.45, 2.75) is 0 Å². The number of ether oxygens (including phenoxy) is 6. The van der Waals surface area contributed by atoms with E-state index in [1.54, 1.807) is 81.9 Å². The van der Waals surface area contributed by atoms with Crippen molar-refractivity contribution < 1.29 is 57.4 Å². The van der Waals surface area contributed by atoms with Gasteiger partial charge in [-0.05, 0) is 119 Å². The lowest BCUT2D eigenvalue weighted by Crippen LogP contribution is -2.11. The predicted octanol–water partition coefficient (Wildman–Crippen LogP) is 8.92. The van der Waals surface area contributed by atoms with Crippen molar-refractivity contribution in [2.24, 2.45) is 0 Å². The molecule has 66 heavy (non-hydrogen) atoms. The van der Waals surface area contributed by atoms with Gasteiger partial charge in [0.15, 0.2) is 0 Å². The molecule has 0 amide bonds. The number of non-ortho nitro benzene ring substituents is 2. The van der Waals surface area contributed by atoms with E-state index in [0.717, 1.165) is 28.4 Å². The fraction of sp³-hybridized carbons (Fsp3) is 0.125. The molecule has 0 aliphatic heterocycles. The van der Waals surface area contributed by atoms with E-state index in [1.807, 2.05) is 0 Å². The van der Waals surface area contributed by atoms with Gasteiger partial charge in [-0.2, -0.15) is 0 Å². The number of hydrogen-bond donors (Lipinski definition) is 0. The molecule has 0 saturated carbocycles. The summed E-state index contributed by atoms with van der Waals surface area (Å²) in [6.45, 7) is 0. The quantitative estimate of drug-likeness (QED) is 0.0431. The standard InChI is InChI=1S/C48H38N4O14/c1-61-35-23-11-29(12-24-35)43-39(47(55)65-5)37(45(53)63-3)41(27-7-15-33(16-8-27)51(57)58)49(43)31-19-21-32(22-20-31)50-42(28-9-17-34(18-10-28)52(59)60)38(46(54)64-4)40(48(56)66-6)44(50)30-13-25-36(62-2)26-14-30/h7-26H,1-6H3. The molecule has 5 aromatic carbocycles. The fourth-order valence-corrected chi connectivity index (χ4v) is 7.69. The second-order valence-electron chi connectivity index (χ2n) is 14.1. The lowest BCUT2D eigenvalue weighted by atomic mass is 10.0. The lowest BCUT2D eigenvalue weighted by Gasteiger charge is -2.18. The van der Waals surface area contributed by atoms with Crippen LogP contribution in [-0.4, -0.2) is 85.5 Å². The normalized spacial score (nSPS) is 10.8. The Labute approximate surface area is 375 Å². The van der Waals surface area contributed by atoms with Crippen LogP contribution in [0.1, 0.15) is 41.4 Å². The average Bonchev–Trinajstić information content (AvgIpc) is 3.90. The third-order valence-electron chi connectivity index (χ3n) is 10.7. The zero-order valence-electron chi connectivity index (χ0n) is 36.1. The highest BCUT2D eigenvalue weighted by atomic mass is 16.6. The van der Waals surface area contributed by atoms with Crippen LogP contribution in [0.3, 0.4) is 0 Å². The Morgan fingerprint density at radius 2 is 0.606 bits per heavy atom. The molecule has 2 aromatic heterocycles. The van der Waals surface area contributed by atoms with E-state index in [1.165, 1.54) is 62.8 Å². The average molecular weight is 895 g/mol. The molecule has 0 aliphatic rings. The monoisotopic (exact) mass is 894 g/mol. The molecular formula is C48H38N4O14. The maximum absolute atomic E-state index is 13.9. The van der Waals surface area contributed by atoms with Crippen molar-refractivity contribution in [1.82, 2.24) is 9.13 Å². The van der Waals surface area contributed by atoms with E-state index in [0.29, 0.717) is 34.0 Å². The highest BCUT2D eigenvalue weighted by molar-refractivity contribution is 6.14. The van der Waals surface area contributed by atoms with Crippen molar-refractivity contribution in [3.63, 3.8) is 0 Å². The molecule has 2 heterocycles. The number of benzene rings is 5. The Kier molecular flexibility index (Phi) is 12.8. The molecule has 0 spiro atoms. The molecule has 0 fully saturated rings. The molecule has 0 aliphatic carbocycles. The van der Waals surface area contributed by atoms with Crippen molar-refractivity contribution in [2.75, 3.05) is 42.7 Å². The van der Waals surface area contributed by atoms with Crippen LogP contribution >= 0.6 is 0 Å². The van der Waals surface area contributed by atoms with Crippen molar-refractivity contribution in [1.29, 1.82) is 0 Å². The molecular weight excluding hydrogens is 857 g/mol. The number of esters is 4.